The van der Waals surface area contributed by atoms with Crippen LogP contribution in [0, 0.1) is 0 Å². The van der Waals surface area contributed by atoms with Gasteiger partial charge in [0, 0.05) is 27.1 Å². The Kier molecular flexibility index (Phi) is 4.84. The van der Waals surface area contributed by atoms with Gasteiger partial charge in [-0.25, -0.2) is 0 Å². The summed E-state index contributed by atoms with van der Waals surface area (Å²) in [6.45, 7) is 0. The number of ketones is 1. The molecule has 9 heteroatoms. The summed E-state index contributed by atoms with van der Waals surface area (Å²) in [6.07, 6.45) is -5.44. The Morgan fingerprint density at radius 2 is 1.78 bits per heavy atom. The Morgan fingerprint density at radius 3 is 2.37 bits per heavy atom. The Labute approximate surface area is 155 Å². The summed E-state index contributed by atoms with van der Waals surface area (Å²) in [4.78, 5) is 26.8. The van der Waals surface area contributed by atoms with Crippen molar-refractivity contribution in [3.63, 3.8) is 0 Å². The van der Waals surface area contributed by atoms with E-state index in [0.29, 0.717) is 10.5 Å². The first-order valence-electron chi connectivity index (χ1n) is 7.56. The molecule has 27 heavy (non-hydrogen) atoms. The lowest BCUT2D eigenvalue weighted by molar-refractivity contribution is -0.274. The van der Waals surface area contributed by atoms with E-state index in [9.17, 15) is 22.8 Å². The molecule has 0 aliphatic rings. The first-order chi connectivity index (χ1) is 12.6. The van der Waals surface area contributed by atoms with Crippen molar-refractivity contribution in [3.8, 4) is 5.75 Å². The highest BCUT2D eigenvalue weighted by Gasteiger charge is 2.31. The quantitative estimate of drug-likeness (QED) is 0.618. The number of halogens is 4. The van der Waals surface area contributed by atoms with Crippen LogP contribution in [0.1, 0.15) is 21.6 Å². The molecule has 1 aromatic heterocycles. The number of aromatic nitrogens is 1. The molecule has 0 atom stereocenters. The van der Waals surface area contributed by atoms with E-state index in [1.807, 2.05) is 0 Å². The number of aliphatic carboxylic acids is 1. The fraction of sp³-hybridized carbons (Fsp3) is 0.111. The normalized spacial score (nSPS) is 11.6. The van der Waals surface area contributed by atoms with Gasteiger partial charge in [-0.3, -0.25) is 9.59 Å². The second-order valence-electron chi connectivity index (χ2n) is 5.64. The van der Waals surface area contributed by atoms with Crippen LogP contribution in [-0.4, -0.2) is 28.2 Å². The first-order valence-corrected chi connectivity index (χ1v) is 7.94. The van der Waals surface area contributed by atoms with Crippen LogP contribution in [0.15, 0.2) is 42.5 Å². The predicted octanol–water partition coefficient (Wildman–Crippen LogP) is 4.58. The first kappa shape index (κ1) is 18.8. The monoisotopic (exact) mass is 397 g/mol. The molecular formula is C18H11ClF3NO4. The average molecular weight is 398 g/mol. The Morgan fingerprint density at radius 1 is 1.11 bits per heavy atom. The molecule has 0 spiro atoms. The molecule has 3 rings (SSSR count). The van der Waals surface area contributed by atoms with Crippen molar-refractivity contribution in [1.29, 1.82) is 0 Å². The summed E-state index contributed by atoms with van der Waals surface area (Å²) < 4.78 is 41.2. The van der Waals surface area contributed by atoms with Crippen molar-refractivity contribution >= 4 is 34.3 Å². The number of hydrogen-bond donors (Lipinski definition) is 2. The lowest BCUT2D eigenvalue weighted by Gasteiger charge is -2.08. The number of ether oxygens (including phenoxy) is 1. The number of H-pyrrole nitrogens is 1. The standard InChI is InChI=1S/C18H11ClF3NO4/c19-10-3-1-9(2-4-10)17(26)16-13(8-15(24)25)12-7-11(27-18(20,21)22)5-6-14(12)23-16/h1-7,23H,8H2,(H,24,25). The van der Waals surface area contributed by atoms with Gasteiger partial charge in [-0.2, -0.15) is 0 Å². The van der Waals surface area contributed by atoms with Crippen LogP contribution < -0.4 is 4.74 Å². The summed E-state index contributed by atoms with van der Waals surface area (Å²) in [5, 5.41) is 9.74. The number of benzene rings is 2. The van der Waals surface area contributed by atoms with Gasteiger partial charge in [-0.1, -0.05) is 11.6 Å². The molecule has 3 aromatic rings. The third-order valence-electron chi connectivity index (χ3n) is 3.77. The zero-order valence-electron chi connectivity index (χ0n) is 13.4. The van der Waals surface area contributed by atoms with Crippen molar-refractivity contribution < 1.29 is 32.6 Å². The summed E-state index contributed by atoms with van der Waals surface area (Å²) in [5.74, 6) is -2.24. The number of hydrogen-bond acceptors (Lipinski definition) is 3. The van der Waals surface area contributed by atoms with Crippen LogP contribution in [-0.2, 0) is 11.2 Å². The van der Waals surface area contributed by atoms with E-state index in [-0.39, 0.29) is 22.2 Å². The molecule has 2 aromatic carbocycles. The molecule has 0 amide bonds. The summed E-state index contributed by atoms with van der Waals surface area (Å²) in [6, 6.07) is 9.37. The van der Waals surface area contributed by atoms with Crippen molar-refractivity contribution in [1.82, 2.24) is 4.98 Å². The number of aromatic amines is 1. The molecule has 0 radical (unpaired) electrons. The molecule has 0 aliphatic heterocycles. The van der Waals surface area contributed by atoms with Crippen molar-refractivity contribution in [2.45, 2.75) is 12.8 Å². The van der Waals surface area contributed by atoms with Crippen molar-refractivity contribution in [3.05, 3.63) is 64.3 Å². The van der Waals surface area contributed by atoms with Gasteiger partial charge in [0.25, 0.3) is 0 Å². The number of fused-ring (bicyclic) bond motifs is 1. The van der Waals surface area contributed by atoms with Crippen molar-refractivity contribution in [2.24, 2.45) is 0 Å². The van der Waals surface area contributed by atoms with Crippen LogP contribution in [0.3, 0.4) is 0 Å². The fourth-order valence-corrected chi connectivity index (χ4v) is 2.82. The highest BCUT2D eigenvalue weighted by atomic mass is 35.5. The van der Waals surface area contributed by atoms with Crippen LogP contribution >= 0.6 is 11.6 Å². The minimum absolute atomic E-state index is 0.0149. The third-order valence-corrected chi connectivity index (χ3v) is 4.02. The average Bonchev–Trinajstić information content (AvgIpc) is 2.91. The maximum absolute atomic E-state index is 12.8. The molecule has 2 N–H and O–H groups in total. The SMILES string of the molecule is O=C(O)Cc1c(C(=O)c2ccc(Cl)cc2)[nH]c2ccc(OC(F)(F)F)cc12. The lowest BCUT2D eigenvalue weighted by Crippen LogP contribution is -2.17. The number of rotatable bonds is 5. The van der Waals surface area contributed by atoms with Gasteiger partial charge in [0.2, 0.25) is 5.78 Å². The van der Waals surface area contributed by atoms with Crippen LogP contribution in [0.25, 0.3) is 10.9 Å². The second kappa shape index (κ2) is 6.96. The molecule has 0 fully saturated rings. The Bertz CT molecular complexity index is 1030. The lowest BCUT2D eigenvalue weighted by atomic mass is 10.0. The molecular weight excluding hydrogens is 387 g/mol. The van der Waals surface area contributed by atoms with E-state index in [4.69, 9.17) is 16.7 Å². The molecule has 0 aliphatic carbocycles. The Balaban J connectivity index is 2.12. The zero-order chi connectivity index (χ0) is 19.8. The van der Waals surface area contributed by atoms with E-state index in [1.54, 1.807) is 0 Å². The number of alkyl halides is 3. The van der Waals surface area contributed by atoms with Gasteiger partial charge >= 0.3 is 12.3 Å². The number of carbonyl (C=O) groups excluding carboxylic acids is 1. The topological polar surface area (TPSA) is 79.4 Å². The molecule has 5 nitrogen and oxygen atoms in total. The van der Waals surface area contributed by atoms with E-state index in [2.05, 4.69) is 9.72 Å². The fourth-order valence-electron chi connectivity index (χ4n) is 2.70. The summed E-state index contributed by atoms with van der Waals surface area (Å²) in [5.41, 5.74) is 0.631. The van der Waals surface area contributed by atoms with Gasteiger partial charge in [-0.05, 0) is 42.5 Å². The molecule has 0 bridgehead atoms. The van der Waals surface area contributed by atoms with E-state index in [1.165, 1.54) is 30.3 Å². The highest BCUT2D eigenvalue weighted by molar-refractivity contribution is 6.30. The summed E-state index contributed by atoms with van der Waals surface area (Å²) >= 11 is 5.79. The predicted molar refractivity (Wildman–Crippen MR) is 91.2 cm³/mol. The summed E-state index contributed by atoms with van der Waals surface area (Å²) in [7, 11) is 0. The maximum Gasteiger partial charge on any atom is 0.573 e. The molecule has 0 saturated heterocycles. The number of carbonyl (C=O) groups is 2. The van der Waals surface area contributed by atoms with E-state index >= 15 is 0 Å². The molecule has 1 heterocycles. The largest absolute Gasteiger partial charge is 0.573 e. The maximum atomic E-state index is 12.8. The van der Waals surface area contributed by atoms with Crippen LogP contribution in [0.2, 0.25) is 5.02 Å². The minimum atomic E-state index is -4.89. The third kappa shape index (κ3) is 4.22. The number of nitrogens with one attached hydrogen (secondary N) is 1. The van der Waals surface area contributed by atoms with Gasteiger partial charge in [0.1, 0.15) is 5.75 Å². The van der Waals surface area contributed by atoms with Gasteiger partial charge in [0.15, 0.2) is 0 Å². The minimum Gasteiger partial charge on any atom is -0.481 e. The van der Waals surface area contributed by atoms with E-state index < -0.39 is 30.3 Å². The zero-order valence-corrected chi connectivity index (χ0v) is 14.2. The van der Waals surface area contributed by atoms with Crippen molar-refractivity contribution in [2.75, 3.05) is 0 Å². The van der Waals surface area contributed by atoms with Crippen LogP contribution in [0.5, 0.6) is 5.75 Å². The molecule has 140 valence electrons. The second-order valence-corrected chi connectivity index (χ2v) is 6.08. The van der Waals surface area contributed by atoms with Gasteiger partial charge in [0.05, 0.1) is 12.1 Å². The molecule has 0 unspecified atom stereocenters. The van der Waals surface area contributed by atoms with Gasteiger partial charge < -0.3 is 14.8 Å². The van der Waals surface area contributed by atoms with Crippen LogP contribution in [0.4, 0.5) is 13.2 Å². The smallest absolute Gasteiger partial charge is 0.481 e. The van der Waals surface area contributed by atoms with E-state index in [0.717, 1.165) is 12.1 Å². The highest BCUT2D eigenvalue weighted by Crippen LogP contribution is 2.31. The van der Waals surface area contributed by atoms with Gasteiger partial charge in [-0.15, -0.1) is 13.2 Å². The number of carboxylic acids is 1. The number of carboxylic acid groups (broad SMARTS) is 1. The Hall–Kier alpha value is -3.00. The molecule has 0 saturated carbocycles.